The molecule has 0 radical (unpaired) electrons. The second-order valence-corrected chi connectivity index (χ2v) is 3.57. The van der Waals surface area contributed by atoms with Gasteiger partial charge < -0.3 is 11.1 Å². The number of nitrogens with one attached hydrogen (secondary N) is 1. The highest BCUT2D eigenvalue weighted by molar-refractivity contribution is 6.42. The van der Waals surface area contributed by atoms with Crippen LogP contribution in [0.1, 0.15) is 13.8 Å². The molecule has 0 saturated carbocycles. The molecular weight excluding hydrogens is 211 g/mol. The summed E-state index contributed by atoms with van der Waals surface area (Å²) in [5.41, 5.74) is 5.40. The Morgan fingerprint density at radius 1 is 1.31 bits per heavy atom. The molecule has 0 unspecified atom stereocenters. The predicted octanol–water partition coefficient (Wildman–Crippen LogP) is 2.19. The third-order valence-electron chi connectivity index (χ3n) is 1.25. The monoisotopic (exact) mass is 220 g/mol. The van der Waals surface area contributed by atoms with E-state index >= 15 is 0 Å². The molecule has 0 aliphatic carbocycles. The molecule has 6 heteroatoms. The molecule has 0 bridgehead atoms. The highest BCUT2D eigenvalue weighted by atomic mass is 35.5. The van der Waals surface area contributed by atoms with E-state index in [1.165, 1.54) is 0 Å². The topological polar surface area (TPSA) is 63.8 Å². The maximum absolute atomic E-state index is 5.83. The lowest BCUT2D eigenvalue weighted by Crippen LogP contribution is -2.12. The van der Waals surface area contributed by atoms with Crippen molar-refractivity contribution >= 4 is 35.0 Å². The van der Waals surface area contributed by atoms with Crippen LogP contribution < -0.4 is 11.1 Å². The number of nitrogens with zero attached hydrogens (tertiary/aromatic N) is 2. The number of anilines is 2. The average molecular weight is 221 g/mol. The molecule has 1 aromatic heterocycles. The third-order valence-corrected chi connectivity index (χ3v) is 1.98. The van der Waals surface area contributed by atoms with Gasteiger partial charge in [-0.2, -0.15) is 9.97 Å². The Morgan fingerprint density at radius 3 is 2.46 bits per heavy atom. The molecule has 4 nitrogen and oxygen atoms in total. The minimum absolute atomic E-state index is 0.109. The Morgan fingerprint density at radius 2 is 1.92 bits per heavy atom. The lowest BCUT2D eigenvalue weighted by atomic mass is 10.4. The van der Waals surface area contributed by atoms with Crippen molar-refractivity contribution in [2.75, 3.05) is 11.1 Å². The Balaban J connectivity index is 3.05. The fraction of sp³-hybridized carbons (Fsp3) is 0.429. The van der Waals surface area contributed by atoms with E-state index in [2.05, 4.69) is 15.3 Å². The quantitative estimate of drug-likeness (QED) is 0.751. The molecule has 0 spiro atoms. The zero-order valence-electron chi connectivity index (χ0n) is 7.31. The predicted molar refractivity (Wildman–Crippen MR) is 55.2 cm³/mol. The van der Waals surface area contributed by atoms with E-state index in [4.69, 9.17) is 28.9 Å². The number of aromatic nitrogens is 2. The van der Waals surface area contributed by atoms with Crippen molar-refractivity contribution in [3.8, 4) is 0 Å². The number of nitrogens with two attached hydrogens (primary N) is 1. The van der Waals surface area contributed by atoms with Gasteiger partial charge in [-0.1, -0.05) is 23.2 Å². The smallest absolute Gasteiger partial charge is 0.223 e. The first-order valence-electron chi connectivity index (χ1n) is 3.75. The molecule has 0 amide bonds. The zero-order valence-corrected chi connectivity index (χ0v) is 8.82. The lowest BCUT2D eigenvalue weighted by Gasteiger charge is -2.11. The van der Waals surface area contributed by atoms with Crippen LogP contribution in [0.3, 0.4) is 0 Å². The number of nitrogen functional groups attached to an aromatic ring is 1. The van der Waals surface area contributed by atoms with E-state index in [-0.39, 0.29) is 17.1 Å². The van der Waals surface area contributed by atoms with Gasteiger partial charge in [-0.15, -0.1) is 0 Å². The molecule has 0 aliphatic rings. The van der Waals surface area contributed by atoms with E-state index < -0.39 is 0 Å². The van der Waals surface area contributed by atoms with Crippen LogP contribution in [0.4, 0.5) is 11.8 Å². The molecule has 13 heavy (non-hydrogen) atoms. The summed E-state index contributed by atoms with van der Waals surface area (Å²) < 4.78 is 0. The number of hydrogen-bond acceptors (Lipinski definition) is 4. The summed E-state index contributed by atoms with van der Waals surface area (Å²) >= 11 is 11.5. The number of rotatable bonds is 2. The zero-order chi connectivity index (χ0) is 10.0. The number of halogens is 2. The van der Waals surface area contributed by atoms with Crippen LogP contribution in [0, 0.1) is 0 Å². The van der Waals surface area contributed by atoms with Crippen LogP contribution in [-0.2, 0) is 0 Å². The van der Waals surface area contributed by atoms with E-state index in [1.807, 2.05) is 13.8 Å². The maximum Gasteiger partial charge on any atom is 0.223 e. The van der Waals surface area contributed by atoms with Crippen molar-refractivity contribution in [3.05, 3.63) is 10.2 Å². The molecular formula is C7H10Cl2N4. The molecule has 3 N–H and O–H groups in total. The Kier molecular flexibility index (Phi) is 3.17. The van der Waals surface area contributed by atoms with E-state index in [0.717, 1.165) is 0 Å². The van der Waals surface area contributed by atoms with Crippen molar-refractivity contribution in [2.45, 2.75) is 19.9 Å². The van der Waals surface area contributed by atoms with Crippen LogP contribution in [-0.4, -0.2) is 16.0 Å². The van der Waals surface area contributed by atoms with Gasteiger partial charge in [0.2, 0.25) is 5.95 Å². The average Bonchev–Trinajstić information content (AvgIpc) is 1.98. The summed E-state index contributed by atoms with van der Waals surface area (Å²) in [6.45, 7) is 3.92. The van der Waals surface area contributed by atoms with E-state index in [1.54, 1.807) is 0 Å². The first kappa shape index (κ1) is 10.3. The summed E-state index contributed by atoms with van der Waals surface area (Å²) in [7, 11) is 0. The van der Waals surface area contributed by atoms with Crippen molar-refractivity contribution in [2.24, 2.45) is 0 Å². The Hall–Kier alpha value is -0.740. The molecule has 1 aromatic rings. The van der Waals surface area contributed by atoms with Gasteiger partial charge >= 0.3 is 0 Å². The molecule has 1 heterocycles. The van der Waals surface area contributed by atoms with Gasteiger partial charge in [0.05, 0.1) is 0 Å². The molecule has 0 fully saturated rings. The fourth-order valence-corrected chi connectivity index (χ4v) is 1.12. The summed E-state index contributed by atoms with van der Waals surface area (Å²) in [6, 6.07) is 0.211. The van der Waals surface area contributed by atoms with Crippen LogP contribution in [0.15, 0.2) is 0 Å². The SMILES string of the molecule is CC(C)Nc1nc(N)nc(Cl)c1Cl. The second-order valence-electron chi connectivity index (χ2n) is 2.83. The maximum atomic E-state index is 5.83. The molecule has 0 atom stereocenters. The van der Waals surface area contributed by atoms with Crippen LogP contribution >= 0.6 is 23.2 Å². The van der Waals surface area contributed by atoms with Gasteiger partial charge in [-0.3, -0.25) is 0 Å². The Labute approximate surface area is 86.5 Å². The highest BCUT2D eigenvalue weighted by Crippen LogP contribution is 2.27. The minimum atomic E-state index is 0.109. The largest absolute Gasteiger partial charge is 0.368 e. The highest BCUT2D eigenvalue weighted by Gasteiger charge is 2.09. The second kappa shape index (κ2) is 3.98. The van der Waals surface area contributed by atoms with Crippen LogP contribution in [0.5, 0.6) is 0 Å². The van der Waals surface area contributed by atoms with E-state index in [0.29, 0.717) is 10.8 Å². The summed E-state index contributed by atoms with van der Waals surface area (Å²) in [5.74, 6) is 0.576. The van der Waals surface area contributed by atoms with Crippen LogP contribution in [0.25, 0.3) is 0 Å². The van der Waals surface area contributed by atoms with Crippen molar-refractivity contribution in [1.29, 1.82) is 0 Å². The van der Waals surface area contributed by atoms with Gasteiger partial charge in [0.15, 0.2) is 11.0 Å². The molecule has 0 aromatic carbocycles. The summed E-state index contributed by atoms with van der Waals surface area (Å²) in [6.07, 6.45) is 0. The standard InChI is InChI=1S/C7H10Cl2N4/c1-3(2)11-6-4(8)5(9)12-7(10)13-6/h3H,1-2H3,(H3,10,11,12,13). The molecule has 0 aliphatic heterocycles. The first-order chi connectivity index (χ1) is 6.00. The Bertz CT molecular complexity index is 314. The van der Waals surface area contributed by atoms with Gasteiger partial charge in [0.1, 0.15) is 5.02 Å². The van der Waals surface area contributed by atoms with Crippen molar-refractivity contribution in [3.63, 3.8) is 0 Å². The van der Waals surface area contributed by atoms with Gasteiger partial charge in [-0.05, 0) is 13.8 Å². The number of hydrogen-bond donors (Lipinski definition) is 2. The third kappa shape index (κ3) is 2.60. The summed E-state index contributed by atoms with van der Waals surface area (Å²) in [5, 5.41) is 3.47. The van der Waals surface area contributed by atoms with Crippen molar-refractivity contribution < 1.29 is 0 Å². The first-order valence-corrected chi connectivity index (χ1v) is 4.51. The summed E-state index contributed by atoms with van der Waals surface area (Å²) in [4.78, 5) is 7.61. The van der Waals surface area contributed by atoms with E-state index in [9.17, 15) is 0 Å². The normalized spacial score (nSPS) is 10.5. The van der Waals surface area contributed by atoms with Crippen molar-refractivity contribution in [1.82, 2.24) is 9.97 Å². The van der Waals surface area contributed by atoms with Gasteiger partial charge in [-0.25, -0.2) is 0 Å². The van der Waals surface area contributed by atoms with Crippen LogP contribution in [0.2, 0.25) is 10.2 Å². The molecule has 72 valence electrons. The van der Waals surface area contributed by atoms with Gasteiger partial charge in [0.25, 0.3) is 0 Å². The minimum Gasteiger partial charge on any atom is -0.368 e. The molecule has 0 saturated heterocycles. The molecule has 1 rings (SSSR count). The van der Waals surface area contributed by atoms with Gasteiger partial charge in [0, 0.05) is 6.04 Å². The lowest BCUT2D eigenvalue weighted by molar-refractivity contribution is 0.887. The fourth-order valence-electron chi connectivity index (χ4n) is 0.805.